The molecule has 0 aliphatic rings. The van der Waals surface area contributed by atoms with Crippen LogP contribution in [0.5, 0.6) is 0 Å². The van der Waals surface area contributed by atoms with Crippen molar-refractivity contribution in [2.45, 2.75) is 13.8 Å². The third kappa shape index (κ3) is 3.03. The summed E-state index contributed by atoms with van der Waals surface area (Å²) in [4.78, 5) is 23.9. The Morgan fingerprint density at radius 1 is 1.35 bits per heavy atom. The number of aliphatic carboxylic acids is 1. The third-order valence-electron chi connectivity index (χ3n) is 2.46. The molecule has 92 valence electrons. The Balaban J connectivity index is 2.95. The molecule has 0 aliphatic carbocycles. The van der Waals surface area contributed by atoms with Crippen LogP contribution in [0.2, 0.25) is 0 Å². The van der Waals surface area contributed by atoms with Gasteiger partial charge in [0.25, 0.3) is 0 Å². The molecule has 1 unspecified atom stereocenters. The number of hydrogen-bond acceptors (Lipinski definition) is 2. The van der Waals surface area contributed by atoms with Crippen LogP contribution in [0.15, 0.2) is 24.3 Å². The molecule has 1 amide bonds. The predicted octanol–water partition coefficient (Wildman–Crippen LogP) is 1.90. The Morgan fingerprint density at radius 3 is 2.29 bits per heavy atom. The Labute approximate surface area is 98.7 Å². The normalized spacial score (nSPS) is 11.9. The lowest BCUT2D eigenvalue weighted by molar-refractivity contribution is -0.145. The molecule has 0 spiro atoms. The number of halogens is 1. The lowest BCUT2D eigenvalue weighted by Gasteiger charge is -2.22. The number of rotatable bonds is 4. The molecule has 1 N–H and O–H groups in total. The third-order valence-corrected chi connectivity index (χ3v) is 2.46. The SMILES string of the molecule is CCN(C(=O)C(C)C(=O)O)c1ccc(F)cc1. The first-order chi connectivity index (χ1) is 7.97. The molecule has 0 radical (unpaired) electrons. The van der Waals surface area contributed by atoms with Crippen molar-refractivity contribution in [3.8, 4) is 0 Å². The van der Waals surface area contributed by atoms with Gasteiger partial charge in [-0.3, -0.25) is 9.59 Å². The summed E-state index contributed by atoms with van der Waals surface area (Å²) in [7, 11) is 0. The van der Waals surface area contributed by atoms with Crippen LogP contribution in [0.25, 0.3) is 0 Å². The Kier molecular flexibility index (Phi) is 4.20. The lowest BCUT2D eigenvalue weighted by Crippen LogP contribution is -2.38. The minimum atomic E-state index is -1.17. The van der Waals surface area contributed by atoms with E-state index in [1.165, 1.54) is 36.1 Å². The maximum absolute atomic E-state index is 12.7. The van der Waals surface area contributed by atoms with Gasteiger partial charge in [-0.15, -0.1) is 0 Å². The number of hydrogen-bond donors (Lipinski definition) is 1. The first-order valence-corrected chi connectivity index (χ1v) is 5.27. The van der Waals surface area contributed by atoms with Crippen LogP contribution in [0.4, 0.5) is 10.1 Å². The quantitative estimate of drug-likeness (QED) is 0.816. The van der Waals surface area contributed by atoms with E-state index in [-0.39, 0.29) is 0 Å². The van der Waals surface area contributed by atoms with Gasteiger partial charge in [0.15, 0.2) is 0 Å². The number of amides is 1. The monoisotopic (exact) mass is 239 g/mol. The second-order valence-electron chi connectivity index (χ2n) is 3.62. The standard InChI is InChI=1S/C12H14FNO3/c1-3-14(11(15)8(2)12(16)17)10-6-4-9(13)5-7-10/h4-8H,3H2,1-2H3,(H,16,17). The average molecular weight is 239 g/mol. The van der Waals surface area contributed by atoms with E-state index in [0.717, 1.165) is 0 Å². The highest BCUT2D eigenvalue weighted by molar-refractivity contribution is 6.05. The van der Waals surface area contributed by atoms with Gasteiger partial charge in [-0.1, -0.05) is 0 Å². The Bertz CT molecular complexity index is 416. The van der Waals surface area contributed by atoms with Crippen molar-refractivity contribution in [2.75, 3.05) is 11.4 Å². The van der Waals surface area contributed by atoms with Crippen molar-refractivity contribution in [2.24, 2.45) is 5.92 Å². The van der Waals surface area contributed by atoms with E-state index in [2.05, 4.69) is 0 Å². The van der Waals surface area contributed by atoms with Crippen molar-refractivity contribution in [3.05, 3.63) is 30.1 Å². The molecular formula is C12H14FNO3. The molecule has 17 heavy (non-hydrogen) atoms. The first kappa shape index (κ1) is 13.2. The number of carbonyl (C=O) groups excluding carboxylic acids is 1. The van der Waals surface area contributed by atoms with Gasteiger partial charge in [-0.25, -0.2) is 4.39 Å². The maximum atomic E-state index is 12.7. The largest absolute Gasteiger partial charge is 0.481 e. The molecule has 0 aromatic heterocycles. The Hall–Kier alpha value is -1.91. The van der Waals surface area contributed by atoms with E-state index in [9.17, 15) is 14.0 Å². The van der Waals surface area contributed by atoms with E-state index in [0.29, 0.717) is 12.2 Å². The zero-order chi connectivity index (χ0) is 13.0. The van der Waals surface area contributed by atoms with Gasteiger partial charge in [0.2, 0.25) is 5.91 Å². The Morgan fingerprint density at radius 2 is 1.88 bits per heavy atom. The van der Waals surface area contributed by atoms with Crippen LogP contribution >= 0.6 is 0 Å². The van der Waals surface area contributed by atoms with Crippen LogP contribution in [-0.4, -0.2) is 23.5 Å². The van der Waals surface area contributed by atoms with Gasteiger partial charge >= 0.3 is 5.97 Å². The molecule has 5 heteroatoms. The highest BCUT2D eigenvalue weighted by Crippen LogP contribution is 2.17. The van der Waals surface area contributed by atoms with Gasteiger partial charge < -0.3 is 10.0 Å². The van der Waals surface area contributed by atoms with Crippen molar-refractivity contribution in [3.63, 3.8) is 0 Å². The zero-order valence-corrected chi connectivity index (χ0v) is 9.68. The summed E-state index contributed by atoms with van der Waals surface area (Å²) in [5.74, 6) is -3.19. The maximum Gasteiger partial charge on any atom is 0.315 e. The minimum Gasteiger partial charge on any atom is -0.481 e. The average Bonchev–Trinajstić information content (AvgIpc) is 2.31. The van der Waals surface area contributed by atoms with Gasteiger partial charge in [0.05, 0.1) is 0 Å². The van der Waals surface area contributed by atoms with Crippen molar-refractivity contribution in [1.29, 1.82) is 0 Å². The fourth-order valence-corrected chi connectivity index (χ4v) is 1.43. The van der Waals surface area contributed by atoms with E-state index in [1.54, 1.807) is 6.92 Å². The molecular weight excluding hydrogens is 225 g/mol. The topological polar surface area (TPSA) is 57.6 Å². The summed E-state index contributed by atoms with van der Waals surface area (Å²) in [6.07, 6.45) is 0. The van der Waals surface area contributed by atoms with Crippen LogP contribution in [0, 0.1) is 11.7 Å². The molecule has 0 fully saturated rings. The lowest BCUT2D eigenvalue weighted by atomic mass is 10.1. The van der Waals surface area contributed by atoms with Crippen LogP contribution in [0.3, 0.4) is 0 Å². The molecule has 1 aromatic carbocycles. The summed E-state index contributed by atoms with van der Waals surface area (Å²) in [5.41, 5.74) is 0.493. The number of anilines is 1. The minimum absolute atomic E-state index is 0.335. The van der Waals surface area contributed by atoms with E-state index in [1.807, 2.05) is 0 Å². The number of carboxylic acid groups (broad SMARTS) is 1. The number of carbonyl (C=O) groups is 2. The highest BCUT2D eigenvalue weighted by Gasteiger charge is 2.26. The van der Waals surface area contributed by atoms with Gasteiger partial charge in [-0.05, 0) is 38.1 Å². The highest BCUT2D eigenvalue weighted by atomic mass is 19.1. The second kappa shape index (κ2) is 5.43. The summed E-state index contributed by atoms with van der Waals surface area (Å²) in [6, 6.07) is 5.37. The summed E-state index contributed by atoms with van der Waals surface area (Å²) in [5, 5.41) is 8.78. The second-order valence-corrected chi connectivity index (χ2v) is 3.62. The summed E-state index contributed by atoms with van der Waals surface area (Å²) in [6.45, 7) is 3.40. The molecule has 0 bridgehead atoms. The smallest absolute Gasteiger partial charge is 0.315 e. The van der Waals surface area contributed by atoms with Gasteiger partial charge in [-0.2, -0.15) is 0 Å². The fraction of sp³-hybridized carbons (Fsp3) is 0.333. The van der Waals surface area contributed by atoms with Gasteiger partial charge in [0, 0.05) is 12.2 Å². The van der Waals surface area contributed by atoms with Crippen molar-refractivity contribution in [1.82, 2.24) is 0 Å². The van der Waals surface area contributed by atoms with Crippen LogP contribution in [0.1, 0.15) is 13.8 Å². The number of benzene rings is 1. The number of nitrogens with zero attached hydrogens (tertiary/aromatic N) is 1. The van der Waals surface area contributed by atoms with Crippen LogP contribution in [-0.2, 0) is 9.59 Å². The molecule has 0 saturated carbocycles. The molecule has 0 aliphatic heterocycles. The molecule has 0 heterocycles. The van der Waals surface area contributed by atoms with E-state index < -0.39 is 23.6 Å². The molecule has 1 rings (SSSR count). The van der Waals surface area contributed by atoms with E-state index >= 15 is 0 Å². The molecule has 4 nitrogen and oxygen atoms in total. The van der Waals surface area contributed by atoms with Crippen molar-refractivity contribution < 1.29 is 19.1 Å². The van der Waals surface area contributed by atoms with Crippen LogP contribution < -0.4 is 4.90 Å². The fourth-order valence-electron chi connectivity index (χ4n) is 1.43. The van der Waals surface area contributed by atoms with Crippen molar-refractivity contribution >= 4 is 17.6 Å². The summed E-state index contributed by atoms with van der Waals surface area (Å²) < 4.78 is 12.7. The zero-order valence-electron chi connectivity index (χ0n) is 9.68. The first-order valence-electron chi connectivity index (χ1n) is 5.27. The van der Waals surface area contributed by atoms with Gasteiger partial charge in [0.1, 0.15) is 11.7 Å². The predicted molar refractivity (Wildman–Crippen MR) is 61.2 cm³/mol. The van der Waals surface area contributed by atoms with E-state index in [4.69, 9.17) is 5.11 Å². The number of carboxylic acids is 1. The molecule has 1 atom stereocenters. The molecule has 1 aromatic rings. The summed E-state index contributed by atoms with van der Waals surface area (Å²) >= 11 is 0. The molecule has 0 saturated heterocycles.